The van der Waals surface area contributed by atoms with Gasteiger partial charge in [0.15, 0.2) is 0 Å². The quantitative estimate of drug-likeness (QED) is 0.411. The topological polar surface area (TPSA) is 99.0 Å². The fraction of sp³-hybridized carbons (Fsp3) is 0.381. The van der Waals surface area contributed by atoms with Crippen molar-refractivity contribution in [2.75, 3.05) is 24.4 Å². The van der Waals surface area contributed by atoms with Crippen molar-refractivity contribution in [2.45, 2.75) is 32.5 Å². The summed E-state index contributed by atoms with van der Waals surface area (Å²) in [5, 5.41) is 0. The van der Waals surface area contributed by atoms with Gasteiger partial charge in [0.05, 0.1) is 12.2 Å². The number of nitrogen functional groups attached to an aromatic ring is 1. The number of likely N-dealkylation sites (N-methyl/N-ethyl adjacent to an activating group) is 1. The maximum Gasteiger partial charge on any atom is 0.304 e. The van der Waals surface area contributed by atoms with Crippen LogP contribution in [0.3, 0.4) is 0 Å². The maximum absolute atomic E-state index is 13.7. The molecule has 8 nitrogen and oxygen atoms in total. The molecule has 0 bridgehead atoms. The monoisotopic (exact) mass is 431 g/mol. The third-order valence-corrected chi connectivity index (χ3v) is 7.50. The molecule has 1 amide bonds. The molecule has 1 aliphatic rings. The summed E-state index contributed by atoms with van der Waals surface area (Å²) >= 11 is 0. The first kappa shape index (κ1) is 22.2. The molecule has 2 aromatic carbocycles. The van der Waals surface area contributed by atoms with Crippen molar-refractivity contribution >= 4 is 21.8 Å². The molecule has 30 heavy (non-hydrogen) atoms. The van der Waals surface area contributed by atoms with Crippen LogP contribution in [-0.4, -0.2) is 55.8 Å². The van der Waals surface area contributed by atoms with Gasteiger partial charge in [-0.2, -0.15) is 12.7 Å². The van der Waals surface area contributed by atoms with Crippen LogP contribution in [0.15, 0.2) is 54.6 Å². The Morgan fingerprint density at radius 2 is 1.63 bits per heavy atom. The van der Waals surface area contributed by atoms with Crippen molar-refractivity contribution in [2.24, 2.45) is 5.84 Å². The second-order valence-corrected chi connectivity index (χ2v) is 9.55. The third kappa shape index (κ3) is 4.65. The molecule has 2 aromatic rings. The fourth-order valence-corrected chi connectivity index (χ4v) is 5.38. The first-order valence-electron chi connectivity index (χ1n) is 9.88. The van der Waals surface area contributed by atoms with E-state index in [1.807, 2.05) is 39.1 Å². The number of anilines is 1. The Labute approximate surface area is 178 Å². The highest BCUT2D eigenvalue weighted by Crippen LogP contribution is 2.26. The maximum atomic E-state index is 13.7. The Hall–Kier alpha value is -2.46. The first-order chi connectivity index (χ1) is 14.2. The molecule has 0 spiro atoms. The molecule has 1 aliphatic heterocycles. The van der Waals surface area contributed by atoms with Gasteiger partial charge in [0.2, 0.25) is 0 Å². The highest BCUT2D eigenvalue weighted by atomic mass is 32.2. The smallest absolute Gasteiger partial charge is 0.298 e. The predicted octanol–water partition coefficient (Wildman–Crippen LogP) is 1.57. The van der Waals surface area contributed by atoms with E-state index in [0.717, 1.165) is 5.56 Å². The molecule has 3 N–H and O–H groups in total. The molecule has 2 atom stereocenters. The van der Waals surface area contributed by atoms with Crippen molar-refractivity contribution in [3.8, 4) is 0 Å². The van der Waals surface area contributed by atoms with Crippen LogP contribution >= 0.6 is 0 Å². The molecule has 0 aromatic heterocycles. The summed E-state index contributed by atoms with van der Waals surface area (Å²) < 4.78 is 30.3. The predicted molar refractivity (Wildman–Crippen MR) is 118 cm³/mol. The molecule has 1 saturated heterocycles. The van der Waals surface area contributed by atoms with Gasteiger partial charge in [0.25, 0.3) is 5.91 Å². The van der Waals surface area contributed by atoms with E-state index in [1.165, 1.54) is 4.31 Å². The number of para-hydroxylation sites is 1. The van der Waals surface area contributed by atoms with Crippen LogP contribution in [0.2, 0.25) is 0 Å². The molecule has 0 aliphatic carbocycles. The Balaban J connectivity index is 1.92. The van der Waals surface area contributed by atoms with E-state index in [0.29, 0.717) is 24.3 Å². The van der Waals surface area contributed by atoms with E-state index in [9.17, 15) is 13.2 Å². The van der Waals surface area contributed by atoms with Gasteiger partial charge >= 0.3 is 10.2 Å². The van der Waals surface area contributed by atoms with Gasteiger partial charge in [-0.3, -0.25) is 19.4 Å². The van der Waals surface area contributed by atoms with Gasteiger partial charge in [0.1, 0.15) is 0 Å². The average Bonchev–Trinajstić information content (AvgIpc) is 2.75. The minimum atomic E-state index is -3.76. The van der Waals surface area contributed by atoms with Crippen LogP contribution in [-0.2, 0) is 16.8 Å². The number of nitrogens with zero attached hydrogens (tertiary/aromatic N) is 3. The summed E-state index contributed by atoms with van der Waals surface area (Å²) in [5.41, 5.74) is 3.87. The van der Waals surface area contributed by atoms with Crippen molar-refractivity contribution in [1.29, 1.82) is 0 Å². The van der Waals surface area contributed by atoms with E-state index in [1.54, 1.807) is 40.7 Å². The van der Waals surface area contributed by atoms with E-state index < -0.39 is 16.1 Å². The van der Waals surface area contributed by atoms with Gasteiger partial charge in [-0.1, -0.05) is 30.3 Å². The molecule has 0 saturated carbocycles. The third-order valence-electron chi connectivity index (χ3n) is 5.65. The number of carbonyl (C=O) groups is 1. The lowest BCUT2D eigenvalue weighted by Crippen LogP contribution is -2.59. The molecule has 9 heteroatoms. The van der Waals surface area contributed by atoms with Gasteiger partial charge in [0, 0.05) is 30.7 Å². The lowest BCUT2D eigenvalue weighted by Gasteiger charge is -2.43. The normalized spacial score (nSPS) is 20.7. The van der Waals surface area contributed by atoms with Crippen LogP contribution in [0, 0.1) is 0 Å². The number of nitrogens with two attached hydrogens (primary N) is 1. The Morgan fingerprint density at radius 3 is 2.17 bits per heavy atom. The van der Waals surface area contributed by atoms with E-state index in [-0.39, 0.29) is 18.6 Å². The molecule has 3 rings (SSSR count). The highest BCUT2D eigenvalue weighted by Gasteiger charge is 2.37. The lowest BCUT2D eigenvalue weighted by atomic mass is 10.1. The standard InChI is InChI=1S/C21H29N5O3S/c1-16-13-25(14-17(2)24(16)3)30(28,29)26(20-7-5-4-6-8-20)15-18-9-11-19(12-10-18)21(27)23-22/h4-12,16-17H,13-15,22H2,1-3H3,(H,23,27). The Morgan fingerprint density at radius 1 is 1.07 bits per heavy atom. The molecular weight excluding hydrogens is 402 g/mol. The van der Waals surface area contributed by atoms with Crippen molar-refractivity contribution in [3.05, 3.63) is 65.7 Å². The number of rotatable bonds is 6. The fourth-order valence-electron chi connectivity index (χ4n) is 3.59. The zero-order valence-electron chi connectivity index (χ0n) is 17.5. The zero-order valence-corrected chi connectivity index (χ0v) is 18.3. The van der Waals surface area contributed by atoms with Crippen molar-refractivity contribution < 1.29 is 13.2 Å². The molecule has 0 radical (unpaired) electrons. The summed E-state index contributed by atoms with van der Waals surface area (Å²) in [5.74, 6) is 4.78. The number of hydrogen-bond acceptors (Lipinski definition) is 5. The van der Waals surface area contributed by atoms with Crippen LogP contribution in [0.4, 0.5) is 5.69 Å². The van der Waals surface area contributed by atoms with Gasteiger partial charge in [-0.25, -0.2) is 5.84 Å². The van der Waals surface area contributed by atoms with E-state index >= 15 is 0 Å². The van der Waals surface area contributed by atoms with E-state index in [2.05, 4.69) is 10.3 Å². The Bertz CT molecular complexity index is 954. The number of benzene rings is 2. The average molecular weight is 432 g/mol. The van der Waals surface area contributed by atoms with Crippen molar-refractivity contribution in [1.82, 2.24) is 14.6 Å². The van der Waals surface area contributed by atoms with Gasteiger partial charge < -0.3 is 0 Å². The van der Waals surface area contributed by atoms with Gasteiger partial charge in [-0.15, -0.1) is 0 Å². The lowest BCUT2D eigenvalue weighted by molar-refractivity contribution is 0.0953. The number of amides is 1. The van der Waals surface area contributed by atoms with E-state index in [4.69, 9.17) is 5.84 Å². The summed E-state index contributed by atoms with van der Waals surface area (Å²) in [4.78, 5) is 13.9. The number of piperazine rings is 1. The first-order valence-corrected chi connectivity index (χ1v) is 11.3. The van der Waals surface area contributed by atoms with Gasteiger partial charge in [-0.05, 0) is 50.7 Å². The minimum absolute atomic E-state index is 0.121. The molecule has 1 heterocycles. The molecule has 2 unspecified atom stereocenters. The summed E-state index contributed by atoms with van der Waals surface area (Å²) in [6.45, 7) is 5.09. The number of hydrazine groups is 1. The number of carbonyl (C=O) groups excluding carboxylic acids is 1. The molecule has 162 valence electrons. The summed E-state index contributed by atoms with van der Waals surface area (Å²) in [6, 6.07) is 16.1. The van der Waals surface area contributed by atoms with Crippen LogP contribution in [0.1, 0.15) is 29.8 Å². The number of nitrogens with one attached hydrogen (secondary N) is 1. The minimum Gasteiger partial charge on any atom is -0.298 e. The largest absolute Gasteiger partial charge is 0.304 e. The molecular formula is C21H29N5O3S. The summed E-state index contributed by atoms with van der Waals surface area (Å²) in [7, 11) is -1.73. The van der Waals surface area contributed by atoms with Crippen LogP contribution in [0.25, 0.3) is 0 Å². The zero-order chi connectivity index (χ0) is 21.9. The Kier molecular flexibility index (Phi) is 6.77. The highest BCUT2D eigenvalue weighted by molar-refractivity contribution is 7.90. The SMILES string of the molecule is CC1CN(S(=O)(=O)N(Cc2ccc(C(=O)NN)cc2)c2ccccc2)CC(C)N1C. The van der Waals surface area contributed by atoms with Crippen molar-refractivity contribution in [3.63, 3.8) is 0 Å². The second-order valence-electron chi connectivity index (χ2n) is 7.70. The van der Waals surface area contributed by atoms with Crippen LogP contribution < -0.4 is 15.6 Å². The number of hydrogen-bond donors (Lipinski definition) is 2. The summed E-state index contributed by atoms with van der Waals surface area (Å²) in [6.07, 6.45) is 0. The second kappa shape index (κ2) is 9.13. The molecule has 1 fully saturated rings. The van der Waals surface area contributed by atoms with Crippen LogP contribution in [0.5, 0.6) is 0 Å².